The highest BCUT2D eigenvalue weighted by Crippen LogP contribution is 2.18. The largest absolute Gasteiger partial charge is 0.481 e. The zero-order chi connectivity index (χ0) is 13.9. The van der Waals surface area contributed by atoms with E-state index < -0.39 is 11.4 Å². The van der Waals surface area contributed by atoms with Crippen LogP contribution in [-0.4, -0.2) is 41.7 Å². The molecule has 6 heteroatoms. The fourth-order valence-electron chi connectivity index (χ4n) is 1.26. The molecule has 0 unspecified atom stereocenters. The van der Waals surface area contributed by atoms with E-state index in [0.29, 0.717) is 18.2 Å². The van der Waals surface area contributed by atoms with E-state index in [2.05, 4.69) is 15.3 Å². The number of aliphatic carboxylic acids is 1. The van der Waals surface area contributed by atoms with E-state index in [4.69, 9.17) is 5.11 Å². The first-order valence-electron chi connectivity index (χ1n) is 5.72. The molecule has 0 fully saturated rings. The number of carboxylic acid groups (broad SMARTS) is 1. The number of anilines is 2. The van der Waals surface area contributed by atoms with Crippen molar-refractivity contribution in [3.63, 3.8) is 0 Å². The average Bonchev–Trinajstić information content (AvgIpc) is 2.25. The Bertz CT molecular complexity index is 444. The molecule has 0 aromatic carbocycles. The summed E-state index contributed by atoms with van der Waals surface area (Å²) in [4.78, 5) is 21.4. The Balaban J connectivity index is 2.82. The molecule has 0 spiro atoms. The van der Waals surface area contributed by atoms with Crippen molar-refractivity contribution in [1.82, 2.24) is 9.97 Å². The first-order chi connectivity index (χ1) is 8.22. The number of carboxylic acids is 1. The molecule has 18 heavy (non-hydrogen) atoms. The molecule has 0 amide bonds. The van der Waals surface area contributed by atoms with Crippen LogP contribution in [0.15, 0.2) is 6.07 Å². The molecule has 100 valence electrons. The molecule has 1 rings (SSSR count). The lowest BCUT2D eigenvalue weighted by atomic mass is 9.94. The van der Waals surface area contributed by atoms with Gasteiger partial charge >= 0.3 is 5.97 Å². The van der Waals surface area contributed by atoms with Gasteiger partial charge in [0.25, 0.3) is 0 Å². The molecule has 0 aliphatic carbocycles. The highest BCUT2D eigenvalue weighted by atomic mass is 16.4. The summed E-state index contributed by atoms with van der Waals surface area (Å²) >= 11 is 0. The maximum atomic E-state index is 11.0. The Morgan fingerprint density at radius 1 is 1.44 bits per heavy atom. The fourth-order valence-corrected chi connectivity index (χ4v) is 1.26. The molecule has 0 aliphatic heterocycles. The van der Waals surface area contributed by atoms with Crippen molar-refractivity contribution in [3.8, 4) is 0 Å². The first-order valence-corrected chi connectivity index (χ1v) is 5.72. The van der Waals surface area contributed by atoms with Gasteiger partial charge in [-0.05, 0) is 20.8 Å². The van der Waals surface area contributed by atoms with Crippen LogP contribution in [-0.2, 0) is 4.79 Å². The highest BCUT2D eigenvalue weighted by molar-refractivity contribution is 5.74. The fraction of sp³-hybridized carbons (Fsp3) is 0.583. The maximum Gasteiger partial charge on any atom is 0.310 e. The van der Waals surface area contributed by atoms with Crippen LogP contribution >= 0.6 is 0 Å². The predicted octanol–water partition coefficient (Wildman–Crippen LogP) is 1.37. The molecular weight excluding hydrogens is 232 g/mol. The van der Waals surface area contributed by atoms with Gasteiger partial charge in [0.05, 0.1) is 5.41 Å². The molecular formula is C12H20N4O2. The van der Waals surface area contributed by atoms with Crippen molar-refractivity contribution in [3.05, 3.63) is 11.9 Å². The normalized spacial score (nSPS) is 11.2. The van der Waals surface area contributed by atoms with E-state index >= 15 is 0 Å². The summed E-state index contributed by atoms with van der Waals surface area (Å²) in [5, 5.41) is 12.1. The number of carbonyl (C=O) groups is 1. The van der Waals surface area contributed by atoms with E-state index in [1.165, 1.54) is 0 Å². The van der Waals surface area contributed by atoms with Crippen LogP contribution in [0.3, 0.4) is 0 Å². The van der Waals surface area contributed by atoms with Crippen molar-refractivity contribution in [2.45, 2.75) is 20.8 Å². The Hall–Kier alpha value is -1.85. The van der Waals surface area contributed by atoms with Gasteiger partial charge in [0, 0.05) is 26.7 Å². The minimum absolute atomic E-state index is 0.311. The van der Waals surface area contributed by atoms with Gasteiger partial charge in [-0.1, -0.05) is 0 Å². The number of nitrogens with zero attached hydrogens (tertiary/aromatic N) is 3. The molecule has 1 aromatic rings. The SMILES string of the molecule is Cc1nc(NCC(C)(C)C(=O)O)cc(N(C)C)n1. The topological polar surface area (TPSA) is 78.3 Å². The van der Waals surface area contributed by atoms with Crippen molar-refractivity contribution in [2.24, 2.45) is 5.41 Å². The van der Waals surface area contributed by atoms with Crippen LogP contribution in [0.5, 0.6) is 0 Å². The van der Waals surface area contributed by atoms with Crippen molar-refractivity contribution in [2.75, 3.05) is 30.9 Å². The minimum atomic E-state index is -0.839. The lowest BCUT2D eigenvalue weighted by Gasteiger charge is -2.20. The van der Waals surface area contributed by atoms with Gasteiger partial charge < -0.3 is 15.3 Å². The summed E-state index contributed by atoms with van der Waals surface area (Å²) in [5.74, 6) is 1.24. The van der Waals surface area contributed by atoms with Gasteiger partial charge in [-0.15, -0.1) is 0 Å². The first kappa shape index (κ1) is 14.2. The van der Waals surface area contributed by atoms with Crippen LogP contribution in [0, 0.1) is 12.3 Å². The summed E-state index contributed by atoms with van der Waals surface area (Å²) in [7, 11) is 3.79. The monoisotopic (exact) mass is 252 g/mol. The quantitative estimate of drug-likeness (QED) is 0.824. The highest BCUT2D eigenvalue weighted by Gasteiger charge is 2.26. The van der Waals surface area contributed by atoms with Crippen LogP contribution in [0.4, 0.5) is 11.6 Å². The van der Waals surface area contributed by atoms with Crippen LogP contribution in [0.2, 0.25) is 0 Å². The second-order valence-corrected chi connectivity index (χ2v) is 5.10. The summed E-state index contributed by atoms with van der Waals surface area (Å²) < 4.78 is 0. The molecule has 0 bridgehead atoms. The smallest absolute Gasteiger partial charge is 0.310 e. The lowest BCUT2D eigenvalue weighted by Crippen LogP contribution is -2.32. The molecule has 0 saturated heterocycles. The summed E-state index contributed by atoms with van der Waals surface area (Å²) in [6.07, 6.45) is 0. The second-order valence-electron chi connectivity index (χ2n) is 5.10. The van der Waals surface area contributed by atoms with Crippen molar-refractivity contribution in [1.29, 1.82) is 0 Å². The van der Waals surface area contributed by atoms with Gasteiger partial charge in [-0.25, -0.2) is 9.97 Å². The Labute approximate surface area is 107 Å². The minimum Gasteiger partial charge on any atom is -0.481 e. The molecule has 1 aromatic heterocycles. The number of hydrogen-bond donors (Lipinski definition) is 2. The van der Waals surface area contributed by atoms with E-state index in [-0.39, 0.29) is 0 Å². The molecule has 0 radical (unpaired) electrons. The molecule has 2 N–H and O–H groups in total. The third-order valence-corrected chi connectivity index (χ3v) is 2.57. The summed E-state index contributed by atoms with van der Waals surface area (Å²) in [6.45, 7) is 5.46. The maximum absolute atomic E-state index is 11.0. The lowest BCUT2D eigenvalue weighted by molar-refractivity contribution is -0.146. The van der Waals surface area contributed by atoms with Crippen LogP contribution in [0.25, 0.3) is 0 Å². The number of aryl methyl sites for hydroxylation is 1. The number of hydrogen-bond acceptors (Lipinski definition) is 5. The predicted molar refractivity (Wildman–Crippen MR) is 71.0 cm³/mol. The second kappa shape index (κ2) is 5.20. The van der Waals surface area contributed by atoms with Gasteiger partial charge in [0.1, 0.15) is 17.5 Å². The molecule has 1 heterocycles. The zero-order valence-electron chi connectivity index (χ0n) is 11.5. The van der Waals surface area contributed by atoms with Crippen molar-refractivity contribution >= 4 is 17.6 Å². The van der Waals surface area contributed by atoms with E-state index in [0.717, 1.165) is 5.82 Å². The Kier molecular flexibility index (Phi) is 4.11. The number of nitrogens with one attached hydrogen (secondary N) is 1. The van der Waals surface area contributed by atoms with E-state index in [1.807, 2.05) is 19.0 Å². The van der Waals surface area contributed by atoms with Crippen molar-refractivity contribution < 1.29 is 9.90 Å². The summed E-state index contributed by atoms with van der Waals surface area (Å²) in [5.41, 5.74) is -0.836. The third kappa shape index (κ3) is 3.58. The Morgan fingerprint density at radius 2 is 2.06 bits per heavy atom. The molecule has 0 saturated carbocycles. The average molecular weight is 252 g/mol. The van der Waals surface area contributed by atoms with Gasteiger partial charge in [0.2, 0.25) is 0 Å². The zero-order valence-corrected chi connectivity index (χ0v) is 11.5. The molecule has 6 nitrogen and oxygen atoms in total. The summed E-state index contributed by atoms with van der Waals surface area (Å²) in [6, 6.07) is 1.80. The molecule has 0 atom stereocenters. The Morgan fingerprint density at radius 3 is 2.56 bits per heavy atom. The van der Waals surface area contributed by atoms with Crippen LogP contribution < -0.4 is 10.2 Å². The number of rotatable bonds is 5. The van der Waals surface area contributed by atoms with Crippen LogP contribution in [0.1, 0.15) is 19.7 Å². The van der Waals surface area contributed by atoms with E-state index in [1.54, 1.807) is 26.8 Å². The molecule has 0 aliphatic rings. The number of aromatic nitrogens is 2. The third-order valence-electron chi connectivity index (χ3n) is 2.57. The van der Waals surface area contributed by atoms with Gasteiger partial charge in [0.15, 0.2) is 0 Å². The van der Waals surface area contributed by atoms with Gasteiger partial charge in [-0.2, -0.15) is 0 Å². The standard InChI is InChI=1S/C12H20N4O2/c1-8-14-9(6-10(15-8)16(4)5)13-7-12(2,3)11(17)18/h6H,7H2,1-5H3,(H,17,18)(H,13,14,15). The van der Waals surface area contributed by atoms with Gasteiger partial charge in [-0.3, -0.25) is 4.79 Å². The van der Waals surface area contributed by atoms with E-state index in [9.17, 15) is 4.79 Å².